The Balaban J connectivity index is 1.81. The third-order valence-corrected chi connectivity index (χ3v) is 5.07. The highest BCUT2D eigenvalue weighted by Crippen LogP contribution is 2.33. The summed E-state index contributed by atoms with van der Waals surface area (Å²) in [5.74, 6) is 0.757. The molecule has 0 aromatic heterocycles. The van der Waals surface area contributed by atoms with Crippen LogP contribution in [0.5, 0.6) is 0 Å². The standard InChI is InChI=1S/C18H33NO3/c1-5-18(21-14-15-8-6-7-9-15)10-12-19(13-11-18)16(20)22-17(2,3)4/h15H,5-14H2,1-4H3. The average molecular weight is 311 g/mol. The lowest BCUT2D eigenvalue weighted by molar-refractivity contribution is -0.0970. The summed E-state index contributed by atoms with van der Waals surface area (Å²) in [5.41, 5.74) is -0.448. The predicted octanol–water partition coefficient (Wildman–Crippen LogP) is 4.37. The Hall–Kier alpha value is -0.770. The molecule has 1 amide bonds. The van der Waals surface area contributed by atoms with E-state index in [1.807, 2.05) is 25.7 Å². The SMILES string of the molecule is CCC1(OCC2CCCC2)CCN(C(=O)OC(C)(C)C)CC1. The smallest absolute Gasteiger partial charge is 0.410 e. The molecule has 1 saturated carbocycles. The van der Waals surface area contributed by atoms with Crippen LogP contribution in [0.3, 0.4) is 0 Å². The van der Waals surface area contributed by atoms with E-state index in [4.69, 9.17) is 9.47 Å². The van der Waals surface area contributed by atoms with E-state index in [-0.39, 0.29) is 11.7 Å². The Morgan fingerprint density at radius 3 is 2.27 bits per heavy atom. The highest BCUT2D eigenvalue weighted by molar-refractivity contribution is 5.68. The molecule has 4 heteroatoms. The highest BCUT2D eigenvalue weighted by atomic mass is 16.6. The Morgan fingerprint density at radius 2 is 1.77 bits per heavy atom. The fourth-order valence-corrected chi connectivity index (χ4v) is 3.49. The summed E-state index contributed by atoms with van der Waals surface area (Å²) in [6.07, 6.45) is 8.06. The lowest BCUT2D eigenvalue weighted by Gasteiger charge is -2.42. The van der Waals surface area contributed by atoms with E-state index in [1.54, 1.807) is 0 Å². The van der Waals surface area contributed by atoms with Crippen LogP contribution < -0.4 is 0 Å². The van der Waals surface area contributed by atoms with E-state index in [0.29, 0.717) is 0 Å². The van der Waals surface area contributed by atoms with Gasteiger partial charge >= 0.3 is 6.09 Å². The van der Waals surface area contributed by atoms with Crippen LogP contribution in [0.2, 0.25) is 0 Å². The van der Waals surface area contributed by atoms with Gasteiger partial charge in [-0.3, -0.25) is 0 Å². The van der Waals surface area contributed by atoms with E-state index < -0.39 is 5.60 Å². The molecule has 2 fully saturated rings. The number of carbonyl (C=O) groups excluding carboxylic acids is 1. The molecule has 1 heterocycles. The molecule has 0 aromatic carbocycles. The zero-order valence-electron chi connectivity index (χ0n) is 14.8. The predicted molar refractivity (Wildman–Crippen MR) is 88.0 cm³/mol. The average Bonchev–Trinajstić information content (AvgIpc) is 2.97. The summed E-state index contributed by atoms with van der Waals surface area (Å²) in [6, 6.07) is 0. The van der Waals surface area contributed by atoms with Gasteiger partial charge in [-0.1, -0.05) is 19.8 Å². The second-order valence-electron chi connectivity index (χ2n) is 7.97. The molecule has 4 nitrogen and oxygen atoms in total. The molecule has 2 rings (SSSR count). The molecule has 0 unspecified atom stereocenters. The molecule has 0 atom stereocenters. The molecule has 0 spiro atoms. The summed E-state index contributed by atoms with van der Waals surface area (Å²) >= 11 is 0. The molecule has 0 N–H and O–H groups in total. The van der Waals surface area contributed by atoms with Crippen LogP contribution in [0.4, 0.5) is 4.79 Å². The second-order valence-corrected chi connectivity index (χ2v) is 7.97. The number of ether oxygens (including phenoxy) is 2. The number of hydrogen-bond donors (Lipinski definition) is 0. The molecule has 0 bridgehead atoms. The first-order valence-corrected chi connectivity index (χ1v) is 8.95. The molecule has 1 saturated heterocycles. The maximum atomic E-state index is 12.1. The van der Waals surface area contributed by atoms with Gasteiger partial charge in [-0.2, -0.15) is 0 Å². The first-order valence-electron chi connectivity index (χ1n) is 8.95. The molecular weight excluding hydrogens is 278 g/mol. The largest absolute Gasteiger partial charge is 0.444 e. The lowest BCUT2D eigenvalue weighted by Crippen LogP contribution is -2.49. The van der Waals surface area contributed by atoms with E-state index in [0.717, 1.165) is 44.9 Å². The van der Waals surface area contributed by atoms with Crippen LogP contribution in [0.15, 0.2) is 0 Å². The van der Waals surface area contributed by atoms with Crippen molar-refractivity contribution in [2.75, 3.05) is 19.7 Å². The van der Waals surface area contributed by atoms with Crippen molar-refractivity contribution in [2.24, 2.45) is 5.92 Å². The molecule has 128 valence electrons. The van der Waals surface area contributed by atoms with E-state index in [9.17, 15) is 4.79 Å². The first-order chi connectivity index (χ1) is 10.3. The number of rotatable bonds is 4. The Kier molecular flexibility index (Phi) is 5.76. The molecule has 1 aliphatic carbocycles. The summed E-state index contributed by atoms with van der Waals surface area (Å²) in [6.45, 7) is 10.3. The van der Waals surface area contributed by atoms with Gasteiger partial charge in [0.1, 0.15) is 5.60 Å². The van der Waals surface area contributed by atoms with Gasteiger partial charge in [-0.05, 0) is 58.8 Å². The zero-order valence-corrected chi connectivity index (χ0v) is 14.8. The Morgan fingerprint density at radius 1 is 1.18 bits per heavy atom. The normalized spacial score (nSPS) is 22.8. The summed E-state index contributed by atoms with van der Waals surface area (Å²) < 4.78 is 11.8. The highest BCUT2D eigenvalue weighted by Gasteiger charge is 2.37. The van der Waals surface area contributed by atoms with Crippen molar-refractivity contribution < 1.29 is 14.3 Å². The molecule has 2 aliphatic rings. The number of hydrogen-bond acceptors (Lipinski definition) is 3. The van der Waals surface area contributed by atoms with Gasteiger partial charge < -0.3 is 14.4 Å². The fraction of sp³-hybridized carbons (Fsp3) is 0.944. The van der Waals surface area contributed by atoms with Gasteiger partial charge in [-0.25, -0.2) is 4.79 Å². The van der Waals surface area contributed by atoms with Gasteiger partial charge in [0.2, 0.25) is 0 Å². The van der Waals surface area contributed by atoms with Crippen molar-refractivity contribution in [3.63, 3.8) is 0 Å². The number of piperidine rings is 1. The van der Waals surface area contributed by atoms with E-state index >= 15 is 0 Å². The number of nitrogens with zero attached hydrogens (tertiary/aromatic N) is 1. The van der Waals surface area contributed by atoms with Gasteiger partial charge in [0.15, 0.2) is 0 Å². The third-order valence-electron chi connectivity index (χ3n) is 5.07. The topological polar surface area (TPSA) is 38.8 Å². The molecule has 22 heavy (non-hydrogen) atoms. The molecule has 0 aromatic rings. The van der Waals surface area contributed by atoms with Crippen molar-refractivity contribution in [2.45, 2.75) is 83.8 Å². The maximum Gasteiger partial charge on any atom is 0.410 e. The van der Waals surface area contributed by atoms with Crippen molar-refractivity contribution in [1.82, 2.24) is 4.90 Å². The van der Waals surface area contributed by atoms with Crippen LogP contribution in [0.25, 0.3) is 0 Å². The minimum atomic E-state index is -0.421. The van der Waals surface area contributed by atoms with Crippen LogP contribution in [0, 0.1) is 5.92 Å². The maximum absolute atomic E-state index is 12.1. The summed E-state index contributed by atoms with van der Waals surface area (Å²) in [4.78, 5) is 14.0. The quantitative estimate of drug-likeness (QED) is 0.773. The van der Waals surface area contributed by atoms with Crippen LogP contribution in [-0.2, 0) is 9.47 Å². The van der Waals surface area contributed by atoms with Crippen LogP contribution in [-0.4, -0.2) is 41.9 Å². The minimum Gasteiger partial charge on any atom is -0.444 e. The van der Waals surface area contributed by atoms with Gasteiger partial charge in [0.25, 0.3) is 0 Å². The van der Waals surface area contributed by atoms with Crippen molar-refractivity contribution in [3.8, 4) is 0 Å². The second kappa shape index (κ2) is 7.20. The molecule has 0 radical (unpaired) electrons. The fourth-order valence-electron chi connectivity index (χ4n) is 3.49. The van der Waals surface area contributed by atoms with Crippen LogP contribution in [0.1, 0.15) is 72.6 Å². The van der Waals surface area contributed by atoms with Crippen molar-refractivity contribution in [3.05, 3.63) is 0 Å². The lowest BCUT2D eigenvalue weighted by atomic mass is 9.88. The van der Waals surface area contributed by atoms with E-state index in [2.05, 4.69) is 6.92 Å². The van der Waals surface area contributed by atoms with E-state index in [1.165, 1.54) is 25.7 Å². The van der Waals surface area contributed by atoms with Gasteiger partial charge in [0, 0.05) is 13.1 Å². The van der Waals surface area contributed by atoms with Crippen molar-refractivity contribution >= 4 is 6.09 Å². The third kappa shape index (κ3) is 4.87. The van der Waals surface area contributed by atoms with Crippen LogP contribution >= 0.6 is 0 Å². The number of likely N-dealkylation sites (tertiary alicyclic amines) is 1. The van der Waals surface area contributed by atoms with Gasteiger partial charge in [0.05, 0.1) is 12.2 Å². The monoisotopic (exact) mass is 311 g/mol. The summed E-state index contributed by atoms with van der Waals surface area (Å²) in [5, 5.41) is 0. The Labute approximate surface area is 135 Å². The first kappa shape index (κ1) is 17.6. The molecular formula is C18H33NO3. The minimum absolute atomic E-state index is 0.0267. The Bertz CT molecular complexity index is 361. The van der Waals surface area contributed by atoms with Gasteiger partial charge in [-0.15, -0.1) is 0 Å². The molecule has 1 aliphatic heterocycles. The zero-order chi connectivity index (χ0) is 16.2. The number of amides is 1. The number of carbonyl (C=O) groups is 1. The summed E-state index contributed by atoms with van der Waals surface area (Å²) in [7, 11) is 0. The van der Waals surface area contributed by atoms with Crippen molar-refractivity contribution in [1.29, 1.82) is 0 Å².